The number of rotatable bonds is 5. The zero-order valence-electron chi connectivity index (χ0n) is 16.3. The van der Waals surface area contributed by atoms with E-state index in [1.54, 1.807) is 12.1 Å². The van der Waals surface area contributed by atoms with Gasteiger partial charge in [-0.2, -0.15) is 5.10 Å². The zero-order valence-corrected chi connectivity index (χ0v) is 16.3. The van der Waals surface area contributed by atoms with Gasteiger partial charge in [-0.15, -0.1) is 0 Å². The van der Waals surface area contributed by atoms with E-state index in [0.29, 0.717) is 32.7 Å². The Hall–Kier alpha value is -2.58. The lowest BCUT2D eigenvalue weighted by molar-refractivity contribution is -0.118. The van der Waals surface area contributed by atoms with E-state index in [9.17, 15) is 14.0 Å². The Bertz CT molecular complexity index is 953. The molecule has 7 nitrogen and oxygen atoms in total. The third-order valence-electron chi connectivity index (χ3n) is 5.53. The molecule has 1 aliphatic carbocycles. The Balaban J connectivity index is 1.49. The van der Waals surface area contributed by atoms with Gasteiger partial charge in [0.15, 0.2) is 0 Å². The smallest absolute Gasteiger partial charge is 0.267 e. The van der Waals surface area contributed by atoms with Crippen LogP contribution in [0.5, 0.6) is 0 Å². The normalized spacial score (nSPS) is 17.0. The van der Waals surface area contributed by atoms with Crippen molar-refractivity contribution in [2.24, 2.45) is 0 Å². The number of aromatic nitrogens is 2. The lowest BCUT2D eigenvalue weighted by Crippen LogP contribution is -2.41. The molecule has 1 aromatic carbocycles. The lowest BCUT2D eigenvalue weighted by atomic mass is 9.90. The van der Waals surface area contributed by atoms with E-state index in [1.807, 2.05) is 4.90 Å². The quantitative estimate of drug-likeness (QED) is 0.797. The summed E-state index contributed by atoms with van der Waals surface area (Å²) in [5.41, 5.74) is 3.54. The average molecular weight is 400 g/mol. The Morgan fingerprint density at radius 1 is 1.21 bits per heavy atom. The van der Waals surface area contributed by atoms with Gasteiger partial charge >= 0.3 is 0 Å². The summed E-state index contributed by atoms with van der Waals surface area (Å²) in [7, 11) is 0. The number of nitrogens with zero attached hydrogens (tertiary/aromatic N) is 2. The molecular formula is C21H25FN4O3. The third-order valence-corrected chi connectivity index (χ3v) is 5.53. The molecule has 1 aromatic heterocycles. The van der Waals surface area contributed by atoms with Crippen LogP contribution in [0.3, 0.4) is 0 Å². The van der Waals surface area contributed by atoms with Crippen molar-refractivity contribution in [2.45, 2.75) is 32.1 Å². The molecule has 8 heteroatoms. The largest absolute Gasteiger partial charge is 0.379 e. The maximum atomic E-state index is 14.3. The Kier molecular flexibility index (Phi) is 6.01. The maximum Gasteiger partial charge on any atom is 0.267 e. The highest BCUT2D eigenvalue weighted by Crippen LogP contribution is 2.24. The third kappa shape index (κ3) is 4.71. The van der Waals surface area contributed by atoms with Crippen LogP contribution in [0, 0.1) is 5.82 Å². The number of aromatic amines is 1. The van der Waals surface area contributed by atoms with E-state index < -0.39 is 5.82 Å². The fraction of sp³-hybridized carbons (Fsp3) is 0.476. The zero-order chi connectivity index (χ0) is 20.2. The number of hydrogen-bond donors (Lipinski definition) is 2. The number of carbonyl (C=O) groups is 1. The molecule has 4 rings (SSSR count). The summed E-state index contributed by atoms with van der Waals surface area (Å²) in [5, 5.41) is 9.51. The van der Waals surface area contributed by atoms with Crippen LogP contribution >= 0.6 is 0 Å². The highest BCUT2D eigenvalue weighted by atomic mass is 19.1. The van der Waals surface area contributed by atoms with Crippen LogP contribution in [0.4, 0.5) is 10.1 Å². The van der Waals surface area contributed by atoms with Crippen LogP contribution in [0.1, 0.15) is 35.2 Å². The molecule has 1 saturated heterocycles. The number of H-pyrrole nitrogens is 1. The van der Waals surface area contributed by atoms with Gasteiger partial charge in [0.25, 0.3) is 5.56 Å². The number of ether oxygens (including phenoxy) is 1. The number of hydrogen-bond acceptors (Lipinski definition) is 5. The van der Waals surface area contributed by atoms with Crippen molar-refractivity contribution in [3.05, 3.63) is 56.8 Å². The Morgan fingerprint density at radius 2 is 1.97 bits per heavy atom. The fourth-order valence-corrected chi connectivity index (χ4v) is 4.00. The van der Waals surface area contributed by atoms with E-state index in [4.69, 9.17) is 4.74 Å². The summed E-state index contributed by atoms with van der Waals surface area (Å²) in [6, 6.07) is 4.70. The SMILES string of the molecule is O=C(CN1CCOCC1)Nc1cc(Cc2n[nH]c(=O)c3c2CCCC3)ccc1F. The van der Waals surface area contributed by atoms with Crippen molar-refractivity contribution in [1.29, 1.82) is 0 Å². The molecular weight excluding hydrogens is 375 g/mol. The molecule has 2 aromatic rings. The Morgan fingerprint density at radius 3 is 2.76 bits per heavy atom. The van der Waals surface area contributed by atoms with Gasteiger partial charge in [0.2, 0.25) is 5.91 Å². The Labute approximate surface area is 168 Å². The fourth-order valence-electron chi connectivity index (χ4n) is 4.00. The van der Waals surface area contributed by atoms with E-state index in [0.717, 1.165) is 48.1 Å². The van der Waals surface area contributed by atoms with Crippen molar-refractivity contribution >= 4 is 11.6 Å². The van der Waals surface area contributed by atoms with Crippen LogP contribution in [0.25, 0.3) is 0 Å². The van der Waals surface area contributed by atoms with Crippen molar-refractivity contribution in [3.8, 4) is 0 Å². The van der Waals surface area contributed by atoms with Crippen LogP contribution in [0.15, 0.2) is 23.0 Å². The van der Waals surface area contributed by atoms with Crippen LogP contribution in [-0.4, -0.2) is 53.9 Å². The first kappa shape index (κ1) is 19.7. The topological polar surface area (TPSA) is 87.3 Å². The number of morpholine rings is 1. The molecule has 0 unspecified atom stereocenters. The van der Waals surface area contributed by atoms with E-state index >= 15 is 0 Å². The van der Waals surface area contributed by atoms with Crippen LogP contribution in [0.2, 0.25) is 0 Å². The van der Waals surface area contributed by atoms with Gasteiger partial charge < -0.3 is 10.1 Å². The van der Waals surface area contributed by atoms with E-state index in [1.165, 1.54) is 6.07 Å². The average Bonchev–Trinajstić information content (AvgIpc) is 2.73. The number of anilines is 1. The number of fused-ring (bicyclic) bond motifs is 1. The molecule has 0 radical (unpaired) electrons. The maximum absolute atomic E-state index is 14.3. The first-order chi connectivity index (χ1) is 14.1. The number of benzene rings is 1. The number of carbonyl (C=O) groups excluding carboxylic acids is 1. The molecule has 154 valence electrons. The van der Waals surface area contributed by atoms with Gasteiger partial charge in [0, 0.05) is 25.1 Å². The second kappa shape index (κ2) is 8.84. The van der Waals surface area contributed by atoms with Gasteiger partial charge in [-0.3, -0.25) is 14.5 Å². The minimum atomic E-state index is -0.472. The molecule has 1 aliphatic heterocycles. The monoisotopic (exact) mass is 400 g/mol. The molecule has 2 N–H and O–H groups in total. The summed E-state index contributed by atoms with van der Waals surface area (Å²) < 4.78 is 19.5. The molecule has 2 heterocycles. The van der Waals surface area contributed by atoms with Gasteiger partial charge in [0.1, 0.15) is 5.82 Å². The first-order valence-corrected chi connectivity index (χ1v) is 10.1. The number of amides is 1. The molecule has 2 aliphatic rings. The molecule has 1 fully saturated rings. The van der Waals surface area contributed by atoms with E-state index in [-0.39, 0.29) is 23.7 Å². The van der Waals surface area contributed by atoms with Gasteiger partial charge in [-0.05, 0) is 48.9 Å². The summed E-state index contributed by atoms with van der Waals surface area (Å²) >= 11 is 0. The van der Waals surface area contributed by atoms with Crippen molar-refractivity contribution in [3.63, 3.8) is 0 Å². The highest BCUT2D eigenvalue weighted by Gasteiger charge is 2.19. The summed E-state index contributed by atoms with van der Waals surface area (Å²) in [4.78, 5) is 26.3. The molecule has 0 saturated carbocycles. The van der Waals surface area contributed by atoms with Gasteiger partial charge in [0.05, 0.1) is 31.1 Å². The minimum Gasteiger partial charge on any atom is -0.379 e. The minimum absolute atomic E-state index is 0.112. The van der Waals surface area contributed by atoms with Crippen LogP contribution < -0.4 is 10.9 Å². The predicted octanol–water partition coefficient (Wildman–Crippen LogP) is 1.65. The summed E-state index contributed by atoms with van der Waals surface area (Å²) in [6.45, 7) is 2.81. The molecule has 29 heavy (non-hydrogen) atoms. The highest BCUT2D eigenvalue weighted by molar-refractivity contribution is 5.92. The molecule has 0 spiro atoms. The molecule has 1 amide bonds. The van der Waals surface area contributed by atoms with E-state index in [2.05, 4.69) is 15.5 Å². The van der Waals surface area contributed by atoms with Crippen molar-refractivity contribution in [2.75, 3.05) is 38.2 Å². The first-order valence-electron chi connectivity index (χ1n) is 10.1. The summed E-state index contributed by atoms with van der Waals surface area (Å²) in [6.07, 6.45) is 4.14. The van der Waals surface area contributed by atoms with Crippen molar-refractivity contribution in [1.82, 2.24) is 15.1 Å². The second-order valence-corrected chi connectivity index (χ2v) is 7.59. The second-order valence-electron chi connectivity index (χ2n) is 7.59. The van der Waals surface area contributed by atoms with Gasteiger partial charge in [-0.25, -0.2) is 9.49 Å². The number of halogens is 1. The molecule has 0 bridgehead atoms. The van der Waals surface area contributed by atoms with Crippen LogP contribution in [-0.2, 0) is 28.8 Å². The van der Waals surface area contributed by atoms with Crippen molar-refractivity contribution < 1.29 is 13.9 Å². The lowest BCUT2D eigenvalue weighted by Gasteiger charge is -2.25. The van der Waals surface area contributed by atoms with Gasteiger partial charge in [-0.1, -0.05) is 6.07 Å². The predicted molar refractivity (Wildman–Crippen MR) is 107 cm³/mol. The molecule has 0 atom stereocenters. The summed E-state index contributed by atoms with van der Waals surface area (Å²) in [5.74, 6) is -0.719. The standard InChI is InChI=1S/C21H25FN4O3/c22-17-6-5-14(11-18-15-3-1-2-4-16(15)21(28)25-24-18)12-19(17)23-20(27)13-26-7-9-29-10-8-26/h5-6,12H,1-4,7-11,13H2,(H,23,27)(H,25,28). The number of nitrogens with one attached hydrogen (secondary N) is 2.